The highest BCUT2D eigenvalue weighted by Crippen LogP contribution is 2.41. The summed E-state index contributed by atoms with van der Waals surface area (Å²) in [6.07, 6.45) is 12.2. The first-order valence-corrected chi connectivity index (χ1v) is 8.25. The number of hydrogen-bond acceptors (Lipinski definition) is 2. The van der Waals surface area contributed by atoms with Crippen LogP contribution in [0.25, 0.3) is 0 Å². The molecule has 1 spiro atoms. The topological polar surface area (TPSA) is 24.4 Å². The number of amidine groups is 1. The number of nitrogens with zero attached hydrogens (tertiary/aromatic N) is 1. The largest absolute Gasteiger partial charge is 0.359 e. The zero-order valence-electron chi connectivity index (χ0n) is 10.9. The minimum Gasteiger partial charge on any atom is -0.359 e. The Morgan fingerprint density at radius 1 is 1.12 bits per heavy atom. The van der Waals surface area contributed by atoms with E-state index in [1.807, 2.05) is 11.8 Å². The predicted molar refractivity (Wildman–Crippen MR) is 75.7 cm³/mol. The fourth-order valence-corrected chi connectivity index (χ4v) is 4.73. The highest BCUT2D eigenvalue weighted by atomic mass is 32.2. The van der Waals surface area contributed by atoms with E-state index < -0.39 is 0 Å². The molecule has 2 aliphatic carbocycles. The van der Waals surface area contributed by atoms with Crippen LogP contribution in [-0.4, -0.2) is 22.0 Å². The molecule has 0 aromatic heterocycles. The summed E-state index contributed by atoms with van der Waals surface area (Å²) < 4.78 is 0. The van der Waals surface area contributed by atoms with Crippen molar-refractivity contribution in [3.8, 4) is 0 Å². The Morgan fingerprint density at radius 3 is 2.47 bits per heavy atom. The quantitative estimate of drug-likeness (QED) is 0.810. The summed E-state index contributed by atoms with van der Waals surface area (Å²) in [4.78, 5) is 5.05. The van der Waals surface area contributed by atoms with Gasteiger partial charge in [0.25, 0.3) is 0 Å². The van der Waals surface area contributed by atoms with E-state index in [1.165, 1.54) is 68.7 Å². The molecule has 3 aliphatic rings. The van der Waals surface area contributed by atoms with Gasteiger partial charge in [0.05, 0.1) is 5.54 Å². The molecule has 0 unspecified atom stereocenters. The Kier molecular flexibility index (Phi) is 3.14. The molecule has 3 fully saturated rings. The number of thioether (sulfide) groups is 1. The van der Waals surface area contributed by atoms with Gasteiger partial charge in [-0.1, -0.05) is 37.9 Å². The Morgan fingerprint density at radius 2 is 1.88 bits per heavy atom. The molecule has 0 bridgehead atoms. The first-order chi connectivity index (χ1) is 8.26. The maximum atomic E-state index is 5.05. The van der Waals surface area contributed by atoms with Crippen molar-refractivity contribution in [2.75, 3.05) is 5.75 Å². The van der Waals surface area contributed by atoms with Crippen LogP contribution in [0.4, 0.5) is 0 Å². The maximum absolute atomic E-state index is 5.05. The van der Waals surface area contributed by atoms with Gasteiger partial charge in [-0.15, -0.1) is 0 Å². The van der Waals surface area contributed by atoms with E-state index in [2.05, 4.69) is 12.2 Å². The second kappa shape index (κ2) is 4.49. The first-order valence-electron chi connectivity index (χ1n) is 7.27. The number of hydrogen-bond donors (Lipinski definition) is 1. The third-order valence-corrected chi connectivity index (χ3v) is 6.11. The molecule has 1 N–H and O–H groups in total. The van der Waals surface area contributed by atoms with Gasteiger partial charge in [-0.2, -0.15) is 0 Å². The fourth-order valence-electron chi connectivity index (χ4n) is 3.41. The van der Waals surface area contributed by atoms with Gasteiger partial charge in [0.2, 0.25) is 0 Å². The molecule has 0 aromatic carbocycles. The van der Waals surface area contributed by atoms with Gasteiger partial charge in [-0.25, -0.2) is 0 Å². The van der Waals surface area contributed by atoms with Crippen LogP contribution in [-0.2, 0) is 0 Å². The lowest BCUT2D eigenvalue weighted by molar-refractivity contribution is 0.242. The van der Waals surface area contributed by atoms with Crippen molar-refractivity contribution >= 4 is 16.9 Å². The van der Waals surface area contributed by atoms with Crippen LogP contribution in [0.15, 0.2) is 4.99 Å². The van der Waals surface area contributed by atoms with Gasteiger partial charge in [0.15, 0.2) is 5.17 Å². The molecule has 1 saturated heterocycles. The minimum atomic E-state index is 0.315. The average Bonchev–Trinajstić information content (AvgIpc) is 2.68. The van der Waals surface area contributed by atoms with Crippen molar-refractivity contribution in [1.82, 2.24) is 5.32 Å². The van der Waals surface area contributed by atoms with E-state index in [0.29, 0.717) is 11.1 Å². The standard InChI is InChI=1S/C14H24N2S/c1-2-13(9-6-10-13)15-12-16-14(11-17-12)7-4-3-5-8-14/h2-11H2,1H3,(H,15,16). The van der Waals surface area contributed by atoms with Crippen molar-refractivity contribution in [1.29, 1.82) is 0 Å². The van der Waals surface area contributed by atoms with E-state index in [-0.39, 0.29) is 0 Å². The van der Waals surface area contributed by atoms with Crippen LogP contribution >= 0.6 is 11.8 Å². The molecular formula is C14H24N2S. The third-order valence-electron chi connectivity index (χ3n) is 4.95. The van der Waals surface area contributed by atoms with Crippen molar-refractivity contribution < 1.29 is 0 Å². The second-order valence-electron chi connectivity index (χ2n) is 6.10. The molecule has 0 amide bonds. The summed E-state index contributed by atoms with van der Waals surface area (Å²) in [5.41, 5.74) is 0.732. The van der Waals surface area contributed by atoms with E-state index in [4.69, 9.17) is 4.99 Å². The zero-order valence-corrected chi connectivity index (χ0v) is 11.7. The normalized spacial score (nSPS) is 32.4. The number of aliphatic imine (C=N–C) groups is 1. The first kappa shape index (κ1) is 11.9. The van der Waals surface area contributed by atoms with Gasteiger partial charge in [-0.3, -0.25) is 4.99 Å². The molecule has 3 rings (SSSR count). The van der Waals surface area contributed by atoms with Crippen molar-refractivity contribution in [3.63, 3.8) is 0 Å². The molecule has 0 atom stereocenters. The van der Waals surface area contributed by atoms with Crippen LogP contribution < -0.4 is 5.32 Å². The predicted octanol–water partition coefficient (Wildman–Crippen LogP) is 3.71. The van der Waals surface area contributed by atoms with Crippen LogP contribution in [0, 0.1) is 0 Å². The third kappa shape index (κ3) is 2.23. The maximum Gasteiger partial charge on any atom is 0.157 e. The molecule has 1 heterocycles. The summed E-state index contributed by atoms with van der Waals surface area (Å²) in [7, 11) is 0. The highest BCUT2D eigenvalue weighted by molar-refractivity contribution is 8.14. The zero-order chi connectivity index (χ0) is 11.8. The van der Waals surface area contributed by atoms with Crippen molar-refractivity contribution in [2.24, 2.45) is 4.99 Å². The Labute approximate surface area is 109 Å². The molecule has 2 saturated carbocycles. The number of rotatable bonds is 2. The number of nitrogens with one attached hydrogen (secondary N) is 1. The van der Waals surface area contributed by atoms with Crippen LogP contribution in [0.3, 0.4) is 0 Å². The summed E-state index contributed by atoms with van der Waals surface area (Å²) in [5.74, 6) is 1.26. The van der Waals surface area contributed by atoms with Gasteiger partial charge >= 0.3 is 0 Å². The Balaban J connectivity index is 1.68. The monoisotopic (exact) mass is 252 g/mol. The van der Waals surface area contributed by atoms with Gasteiger partial charge in [0, 0.05) is 11.3 Å². The lowest BCUT2D eigenvalue weighted by Gasteiger charge is -2.38. The van der Waals surface area contributed by atoms with Crippen LogP contribution in [0.2, 0.25) is 0 Å². The Hall–Kier alpha value is -0.180. The lowest BCUT2D eigenvalue weighted by Crippen LogP contribution is -2.46. The van der Waals surface area contributed by atoms with Crippen LogP contribution in [0.1, 0.15) is 64.7 Å². The van der Waals surface area contributed by atoms with E-state index >= 15 is 0 Å². The summed E-state index contributed by atoms with van der Waals surface area (Å²) in [5, 5.41) is 5.04. The van der Waals surface area contributed by atoms with Gasteiger partial charge in [-0.05, 0) is 38.5 Å². The average molecular weight is 252 g/mol. The molecule has 0 aromatic rings. The van der Waals surface area contributed by atoms with E-state index in [0.717, 1.165) is 0 Å². The highest BCUT2D eigenvalue weighted by Gasteiger charge is 2.41. The molecule has 3 heteroatoms. The molecule has 17 heavy (non-hydrogen) atoms. The van der Waals surface area contributed by atoms with Gasteiger partial charge in [0.1, 0.15) is 0 Å². The Bertz CT molecular complexity index is 309. The van der Waals surface area contributed by atoms with Crippen molar-refractivity contribution in [2.45, 2.75) is 75.8 Å². The van der Waals surface area contributed by atoms with Crippen molar-refractivity contribution in [3.05, 3.63) is 0 Å². The van der Waals surface area contributed by atoms with E-state index in [9.17, 15) is 0 Å². The van der Waals surface area contributed by atoms with E-state index in [1.54, 1.807) is 0 Å². The van der Waals surface area contributed by atoms with Gasteiger partial charge < -0.3 is 5.32 Å². The molecule has 2 nitrogen and oxygen atoms in total. The molecule has 1 aliphatic heterocycles. The SMILES string of the molecule is CCC1(N=C2NC3(CCCCC3)CS2)CCC1. The molecule has 96 valence electrons. The summed E-state index contributed by atoms with van der Waals surface area (Å²) in [6.45, 7) is 2.29. The minimum absolute atomic E-state index is 0.315. The smallest absolute Gasteiger partial charge is 0.157 e. The molecular weight excluding hydrogens is 228 g/mol. The molecule has 0 radical (unpaired) electrons. The summed E-state index contributed by atoms with van der Waals surface area (Å²) in [6, 6.07) is 0. The fraction of sp³-hybridized carbons (Fsp3) is 0.929. The lowest BCUT2D eigenvalue weighted by atomic mass is 9.75. The second-order valence-corrected chi connectivity index (χ2v) is 7.07. The van der Waals surface area contributed by atoms with Crippen LogP contribution in [0.5, 0.6) is 0 Å². The summed E-state index contributed by atoms with van der Waals surface area (Å²) >= 11 is 1.98.